The minimum Gasteiger partial charge on any atom is -0.376 e. The Morgan fingerprint density at radius 1 is 1.08 bits per heavy atom. The van der Waals surface area contributed by atoms with Gasteiger partial charge in [-0.25, -0.2) is 4.79 Å². The van der Waals surface area contributed by atoms with Crippen molar-refractivity contribution in [2.24, 2.45) is 0 Å². The second-order valence-electron chi connectivity index (χ2n) is 6.11. The van der Waals surface area contributed by atoms with Gasteiger partial charge in [-0.1, -0.05) is 35.9 Å². The minimum atomic E-state index is -0.270. The molecule has 2 N–H and O–H groups in total. The number of rotatable bonds is 9. The molecular formula is C20H25ClN2O3. The topological polar surface area (TPSA) is 59.6 Å². The largest absolute Gasteiger partial charge is 0.376 e. The van der Waals surface area contributed by atoms with E-state index >= 15 is 0 Å². The third-order valence-corrected chi connectivity index (χ3v) is 3.71. The molecule has 26 heavy (non-hydrogen) atoms. The maximum absolute atomic E-state index is 12.0. The highest BCUT2D eigenvalue weighted by atomic mass is 35.5. The first kappa shape index (κ1) is 20.2. The summed E-state index contributed by atoms with van der Waals surface area (Å²) in [6.45, 7) is 5.97. The molecule has 2 rings (SSSR count). The summed E-state index contributed by atoms with van der Waals surface area (Å²) in [6.07, 6.45) is 0.205. The van der Waals surface area contributed by atoms with Crippen LogP contribution in [-0.4, -0.2) is 25.3 Å². The van der Waals surface area contributed by atoms with Gasteiger partial charge < -0.3 is 20.1 Å². The summed E-state index contributed by atoms with van der Waals surface area (Å²) >= 11 is 5.94. The zero-order chi connectivity index (χ0) is 18.8. The quantitative estimate of drug-likeness (QED) is 0.628. The number of benzene rings is 2. The molecule has 0 aliphatic heterocycles. The number of nitrogens with one attached hydrogen (secondary N) is 2. The van der Waals surface area contributed by atoms with E-state index in [1.165, 1.54) is 0 Å². The van der Waals surface area contributed by atoms with E-state index in [0.717, 1.165) is 11.1 Å². The van der Waals surface area contributed by atoms with Crippen molar-refractivity contribution in [3.63, 3.8) is 0 Å². The predicted octanol–water partition coefficient (Wildman–Crippen LogP) is 4.60. The van der Waals surface area contributed by atoms with Crippen LogP contribution in [-0.2, 0) is 22.6 Å². The van der Waals surface area contributed by atoms with Crippen LogP contribution < -0.4 is 10.6 Å². The van der Waals surface area contributed by atoms with Crippen LogP contribution in [0.15, 0.2) is 48.5 Å². The fourth-order valence-electron chi connectivity index (χ4n) is 2.28. The molecule has 2 amide bonds. The molecule has 2 aromatic rings. The molecule has 0 heterocycles. The number of amides is 2. The molecule has 0 spiro atoms. The van der Waals surface area contributed by atoms with Gasteiger partial charge in [0.2, 0.25) is 0 Å². The minimum absolute atomic E-state index is 0.205. The molecule has 0 saturated carbocycles. The number of halogens is 1. The average Bonchev–Trinajstić information content (AvgIpc) is 2.60. The van der Waals surface area contributed by atoms with Crippen LogP contribution in [0.4, 0.5) is 10.5 Å². The van der Waals surface area contributed by atoms with Crippen molar-refractivity contribution < 1.29 is 14.3 Å². The van der Waals surface area contributed by atoms with Gasteiger partial charge in [-0.15, -0.1) is 0 Å². The summed E-state index contributed by atoms with van der Waals surface area (Å²) in [5, 5.41) is 6.28. The lowest BCUT2D eigenvalue weighted by molar-refractivity contribution is 0.0143. The van der Waals surface area contributed by atoms with E-state index in [1.54, 1.807) is 6.07 Å². The maximum atomic E-state index is 12.0. The van der Waals surface area contributed by atoms with Crippen molar-refractivity contribution in [2.45, 2.75) is 33.1 Å². The van der Waals surface area contributed by atoms with Crippen LogP contribution in [0.25, 0.3) is 0 Å². The van der Waals surface area contributed by atoms with Crippen molar-refractivity contribution in [3.8, 4) is 0 Å². The maximum Gasteiger partial charge on any atom is 0.319 e. The Morgan fingerprint density at radius 2 is 1.85 bits per heavy atom. The molecule has 0 unspecified atom stereocenters. The molecule has 0 aromatic heterocycles. The van der Waals surface area contributed by atoms with Crippen LogP contribution in [0, 0.1) is 0 Å². The first-order valence-electron chi connectivity index (χ1n) is 8.60. The fourth-order valence-corrected chi connectivity index (χ4v) is 2.49. The van der Waals surface area contributed by atoms with E-state index in [-0.39, 0.29) is 12.1 Å². The first-order valence-corrected chi connectivity index (χ1v) is 8.98. The fraction of sp³-hybridized carbons (Fsp3) is 0.350. The van der Waals surface area contributed by atoms with Gasteiger partial charge in [0.05, 0.1) is 25.9 Å². The molecule has 2 aromatic carbocycles. The third kappa shape index (κ3) is 7.87. The monoisotopic (exact) mass is 376 g/mol. The summed E-state index contributed by atoms with van der Waals surface area (Å²) < 4.78 is 11.0. The Labute approximate surface area is 159 Å². The Balaban J connectivity index is 1.75. The molecule has 0 aliphatic rings. The molecular weight excluding hydrogens is 352 g/mol. The van der Waals surface area contributed by atoms with Gasteiger partial charge in [-0.2, -0.15) is 0 Å². The van der Waals surface area contributed by atoms with E-state index in [2.05, 4.69) is 10.6 Å². The van der Waals surface area contributed by atoms with Crippen LogP contribution in [0.2, 0.25) is 5.02 Å². The molecule has 0 atom stereocenters. The standard InChI is InChI=1S/C20H25ClN2O3/c1-15(2)26-10-9-25-14-17-6-4-8-19(12-17)23-20(24)22-13-16-5-3-7-18(21)11-16/h3-8,11-12,15H,9-10,13-14H2,1-2H3,(H2,22,23,24). The van der Waals surface area contributed by atoms with Crippen molar-refractivity contribution in [2.75, 3.05) is 18.5 Å². The highest BCUT2D eigenvalue weighted by Crippen LogP contribution is 2.12. The molecule has 0 radical (unpaired) electrons. The van der Waals surface area contributed by atoms with Gasteiger partial charge in [-0.3, -0.25) is 0 Å². The number of carbonyl (C=O) groups is 1. The van der Waals surface area contributed by atoms with Gasteiger partial charge in [0.25, 0.3) is 0 Å². The van der Waals surface area contributed by atoms with Crippen LogP contribution in [0.3, 0.4) is 0 Å². The normalized spacial score (nSPS) is 10.8. The molecule has 0 aliphatic carbocycles. The third-order valence-electron chi connectivity index (χ3n) is 3.47. The van der Waals surface area contributed by atoms with E-state index in [4.69, 9.17) is 21.1 Å². The Morgan fingerprint density at radius 3 is 2.62 bits per heavy atom. The summed E-state index contributed by atoms with van der Waals surface area (Å²) in [5.41, 5.74) is 2.65. The van der Waals surface area contributed by atoms with E-state index in [9.17, 15) is 4.79 Å². The lowest BCUT2D eigenvalue weighted by atomic mass is 10.2. The van der Waals surface area contributed by atoms with Crippen molar-refractivity contribution in [1.29, 1.82) is 0 Å². The molecule has 6 heteroatoms. The van der Waals surface area contributed by atoms with Gasteiger partial charge >= 0.3 is 6.03 Å². The average molecular weight is 377 g/mol. The zero-order valence-electron chi connectivity index (χ0n) is 15.1. The summed E-state index contributed by atoms with van der Waals surface area (Å²) in [4.78, 5) is 12.0. The van der Waals surface area contributed by atoms with Crippen molar-refractivity contribution >= 4 is 23.3 Å². The SMILES string of the molecule is CC(C)OCCOCc1cccc(NC(=O)NCc2cccc(Cl)c2)c1. The van der Waals surface area contributed by atoms with E-state index in [0.29, 0.717) is 37.1 Å². The number of carbonyl (C=O) groups excluding carboxylic acids is 1. The lowest BCUT2D eigenvalue weighted by Crippen LogP contribution is -2.28. The smallest absolute Gasteiger partial charge is 0.319 e. The van der Waals surface area contributed by atoms with Crippen molar-refractivity contribution in [3.05, 3.63) is 64.7 Å². The summed E-state index contributed by atoms with van der Waals surface area (Å²) in [5.74, 6) is 0. The molecule has 0 saturated heterocycles. The van der Waals surface area contributed by atoms with E-state index in [1.807, 2.05) is 56.3 Å². The highest BCUT2D eigenvalue weighted by molar-refractivity contribution is 6.30. The highest BCUT2D eigenvalue weighted by Gasteiger charge is 2.03. The van der Waals surface area contributed by atoms with Crippen LogP contribution in [0.1, 0.15) is 25.0 Å². The van der Waals surface area contributed by atoms with Gasteiger partial charge in [-0.05, 0) is 49.2 Å². The molecule has 140 valence electrons. The first-order chi connectivity index (χ1) is 12.5. The Bertz CT molecular complexity index is 707. The number of anilines is 1. The predicted molar refractivity (Wildman–Crippen MR) is 104 cm³/mol. The number of ether oxygens (including phenoxy) is 2. The zero-order valence-corrected chi connectivity index (χ0v) is 15.9. The van der Waals surface area contributed by atoms with Gasteiger partial charge in [0, 0.05) is 17.3 Å². The van der Waals surface area contributed by atoms with Crippen LogP contribution in [0.5, 0.6) is 0 Å². The lowest BCUT2D eigenvalue weighted by Gasteiger charge is -2.10. The van der Waals surface area contributed by atoms with Crippen molar-refractivity contribution in [1.82, 2.24) is 5.32 Å². The number of hydrogen-bond donors (Lipinski definition) is 2. The Kier molecular flexibility index (Phi) is 8.41. The van der Waals surface area contributed by atoms with E-state index < -0.39 is 0 Å². The Hall–Kier alpha value is -2.08. The molecule has 0 fully saturated rings. The second-order valence-corrected chi connectivity index (χ2v) is 6.55. The number of urea groups is 1. The summed E-state index contributed by atoms with van der Waals surface area (Å²) in [6, 6.07) is 14.7. The van der Waals surface area contributed by atoms with Crippen LogP contribution >= 0.6 is 11.6 Å². The number of hydrogen-bond acceptors (Lipinski definition) is 3. The molecule has 5 nitrogen and oxygen atoms in total. The van der Waals surface area contributed by atoms with Gasteiger partial charge in [0.15, 0.2) is 0 Å². The van der Waals surface area contributed by atoms with Gasteiger partial charge in [0.1, 0.15) is 0 Å². The molecule has 0 bridgehead atoms. The second kappa shape index (κ2) is 10.8. The summed E-state index contributed by atoms with van der Waals surface area (Å²) in [7, 11) is 0.